The second-order valence-electron chi connectivity index (χ2n) is 6.02. The van der Waals surface area contributed by atoms with Crippen molar-refractivity contribution in [2.24, 2.45) is 0 Å². The number of anilines is 1. The predicted molar refractivity (Wildman–Crippen MR) is 86.2 cm³/mol. The Balaban J connectivity index is 2.47. The molecule has 0 aliphatic rings. The zero-order valence-electron chi connectivity index (χ0n) is 12.7. The van der Waals surface area contributed by atoms with E-state index in [4.69, 9.17) is 11.6 Å². The third-order valence-electron chi connectivity index (χ3n) is 3.09. The molecule has 2 aromatic rings. The fourth-order valence-corrected chi connectivity index (χ4v) is 1.88. The molecule has 0 bridgehead atoms. The van der Waals surface area contributed by atoms with Crippen molar-refractivity contribution in [3.63, 3.8) is 0 Å². The quantitative estimate of drug-likeness (QED) is 0.878. The minimum Gasteiger partial charge on any atom is -0.309 e. The lowest BCUT2D eigenvalue weighted by atomic mass is 9.92. The van der Waals surface area contributed by atoms with Crippen LogP contribution in [-0.2, 0) is 10.2 Å². The van der Waals surface area contributed by atoms with Gasteiger partial charge in [-0.2, -0.15) is 5.10 Å². The van der Waals surface area contributed by atoms with Gasteiger partial charge in [-0.1, -0.05) is 39.0 Å². The summed E-state index contributed by atoms with van der Waals surface area (Å²) in [5.41, 5.74) is 1.70. The topological polar surface area (TPSA) is 46.9 Å². The Morgan fingerprint density at radius 3 is 2.43 bits per heavy atom. The van der Waals surface area contributed by atoms with E-state index in [-0.39, 0.29) is 11.3 Å². The Bertz CT molecular complexity index is 627. The van der Waals surface area contributed by atoms with Crippen molar-refractivity contribution < 1.29 is 4.79 Å². The van der Waals surface area contributed by atoms with Crippen LogP contribution < -0.4 is 5.32 Å². The molecule has 1 atom stereocenters. The molecule has 1 heterocycles. The number of halogens is 1. The molecule has 1 aromatic heterocycles. The number of carbonyl (C=O) groups excluding carboxylic acids is 1. The molecule has 0 radical (unpaired) electrons. The van der Waals surface area contributed by atoms with Gasteiger partial charge in [-0.25, -0.2) is 4.68 Å². The third-order valence-corrected chi connectivity index (χ3v) is 3.29. The van der Waals surface area contributed by atoms with Gasteiger partial charge in [0.05, 0.1) is 11.4 Å². The van der Waals surface area contributed by atoms with Crippen molar-refractivity contribution in [2.75, 3.05) is 5.32 Å². The maximum atomic E-state index is 11.9. The number of amides is 1. The number of nitrogens with zero attached hydrogens (tertiary/aromatic N) is 2. The minimum atomic E-state index is -0.595. The van der Waals surface area contributed by atoms with E-state index in [1.54, 1.807) is 11.6 Å². The normalized spacial score (nSPS) is 13.0. The van der Waals surface area contributed by atoms with Crippen LogP contribution in [0, 0.1) is 0 Å². The van der Waals surface area contributed by atoms with Crippen LogP contribution in [0.2, 0.25) is 0 Å². The molecule has 1 amide bonds. The van der Waals surface area contributed by atoms with Crippen molar-refractivity contribution in [3.8, 4) is 5.69 Å². The van der Waals surface area contributed by atoms with E-state index in [9.17, 15) is 4.79 Å². The lowest BCUT2D eigenvalue weighted by Gasteiger charge is -2.14. The molecule has 0 aliphatic carbocycles. The largest absolute Gasteiger partial charge is 0.309 e. The summed E-state index contributed by atoms with van der Waals surface area (Å²) in [5.74, 6) is 0.387. The number of carbonyl (C=O) groups is 1. The first kappa shape index (κ1) is 15.6. The van der Waals surface area contributed by atoms with E-state index in [1.165, 1.54) is 0 Å². The van der Waals surface area contributed by atoms with E-state index < -0.39 is 5.38 Å². The highest BCUT2D eigenvalue weighted by molar-refractivity contribution is 6.32. The van der Waals surface area contributed by atoms with Crippen molar-refractivity contribution in [1.82, 2.24) is 9.78 Å². The van der Waals surface area contributed by atoms with Gasteiger partial charge in [-0.05, 0) is 19.1 Å². The maximum absolute atomic E-state index is 11.9. The van der Waals surface area contributed by atoms with E-state index in [1.807, 2.05) is 36.4 Å². The molecule has 0 saturated carbocycles. The number of aromatic nitrogens is 2. The summed E-state index contributed by atoms with van der Waals surface area (Å²) in [6.45, 7) is 7.89. The first-order valence-corrected chi connectivity index (χ1v) is 7.33. The summed E-state index contributed by atoms with van der Waals surface area (Å²) in [7, 11) is 0. The number of alkyl halides is 1. The van der Waals surface area contributed by atoms with Gasteiger partial charge in [0.2, 0.25) is 5.91 Å². The standard InChI is InChI=1S/C16H20ClN3O/c1-11(17)15(21)18-14-10-13(16(2,3)4)19-20(14)12-8-6-5-7-9-12/h5-11H,1-4H3,(H,18,21)/t11-/m1/s1. The average Bonchev–Trinajstić information content (AvgIpc) is 2.83. The first-order chi connectivity index (χ1) is 9.79. The summed E-state index contributed by atoms with van der Waals surface area (Å²) in [6, 6.07) is 11.6. The van der Waals surface area contributed by atoms with Crippen molar-refractivity contribution in [3.05, 3.63) is 42.1 Å². The molecule has 21 heavy (non-hydrogen) atoms. The van der Waals surface area contributed by atoms with Crippen LogP contribution in [0.5, 0.6) is 0 Å². The number of benzene rings is 1. The monoisotopic (exact) mass is 305 g/mol. The molecule has 1 N–H and O–H groups in total. The molecule has 1 aromatic carbocycles. The van der Waals surface area contributed by atoms with Gasteiger partial charge in [0.25, 0.3) is 0 Å². The van der Waals surface area contributed by atoms with E-state index in [0.717, 1.165) is 11.4 Å². The zero-order chi connectivity index (χ0) is 15.6. The Morgan fingerprint density at radius 2 is 1.90 bits per heavy atom. The molecule has 0 fully saturated rings. The number of nitrogens with one attached hydrogen (secondary N) is 1. The Kier molecular flexibility index (Phi) is 4.37. The van der Waals surface area contributed by atoms with E-state index in [2.05, 4.69) is 31.2 Å². The predicted octanol–water partition coefficient (Wildman–Crippen LogP) is 3.74. The maximum Gasteiger partial charge on any atom is 0.243 e. The van der Waals surface area contributed by atoms with Gasteiger partial charge in [0.15, 0.2) is 0 Å². The molecule has 0 aliphatic heterocycles. The molecule has 5 heteroatoms. The molecule has 0 saturated heterocycles. The van der Waals surface area contributed by atoms with E-state index in [0.29, 0.717) is 5.82 Å². The highest BCUT2D eigenvalue weighted by Gasteiger charge is 2.22. The van der Waals surface area contributed by atoms with Crippen LogP contribution in [0.25, 0.3) is 5.69 Å². The summed E-state index contributed by atoms with van der Waals surface area (Å²) < 4.78 is 1.73. The van der Waals surface area contributed by atoms with Gasteiger partial charge >= 0.3 is 0 Å². The second kappa shape index (κ2) is 5.90. The van der Waals surface area contributed by atoms with Gasteiger partial charge in [0, 0.05) is 11.5 Å². The summed E-state index contributed by atoms with van der Waals surface area (Å²) in [4.78, 5) is 11.9. The smallest absolute Gasteiger partial charge is 0.243 e. The van der Waals surface area contributed by atoms with Gasteiger partial charge in [0.1, 0.15) is 11.2 Å². The fourth-order valence-electron chi connectivity index (χ4n) is 1.83. The van der Waals surface area contributed by atoms with Crippen LogP contribution in [0.4, 0.5) is 5.82 Å². The van der Waals surface area contributed by atoms with E-state index >= 15 is 0 Å². The highest BCUT2D eigenvalue weighted by atomic mass is 35.5. The van der Waals surface area contributed by atoms with Crippen molar-refractivity contribution in [2.45, 2.75) is 38.5 Å². The molecule has 0 spiro atoms. The lowest BCUT2D eigenvalue weighted by molar-refractivity contribution is -0.115. The molecule has 2 rings (SSSR count). The fraction of sp³-hybridized carbons (Fsp3) is 0.375. The molecule has 4 nitrogen and oxygen atoms in total. The molecule has 112 valence electrons. The van der Waals surface area contributed by atoms with Crippen LogP contribution in [0.1, 0.15) is 33.4 Å². The number of hydrogen-bond donors (Lipinski definition) is 1. The van der Waals surface area contributed by atoms with Crippen LogP contribution in [0.15, 0.2) is 36.4 Å². The van der Waals surface area contributed by atoms with Crippen molar-refractivity contribution in [1.29, 1.82) is 0 Å². The SMILES string of the molecule is C[C@@H](Cl)C(=O)Nc1cc(C(C)(C)C)nn1-c1ccccc1. The van der Waals surface area contributed by atoms with Gasteiger partial charge in [-0.15, -0.1) is 11.6 Å². The van der Waals surface area contributed by atoms with Crippen LogP contribution in [-0.4, -0.2) is 21.1 Å². The zero-order valence-corrected chi connectivity index (χ0v) is 13.5. The highest BCUT2D eigenvalue weighted by Crippen LogP contribution is 2.26. The molecule has 0 unspecified atom stereocenters. The minimum absolute atomic E-state index is 0.105. The first-order valence-electron chi connectivity index (χ1n) is 6.90. The summed E-state index contributed by atoms with van der Waals surface area (Å²) in [5, 5.41) is 6.86. The Labute approximate surface area is 130 Å². The van der Waals surface area contributed by atoms with Crippen molar-refractivity contribution >= 4 is 23.3 Å². The Morgan fingerprint density at radius 1 is 1.29 bits per heavy atom. The lowest BCUT2D eigenvalue weighted by Crippen LogP contribution is -2.22. The van der Waals surface area contributed by atoms with Crippen LogP contribution in [0.3, 0.4) is 0 Å². The second-order valence-corrected chi connectivity index (χ2v) is 6.67. The van der Waals surface area contributed by atoms with Gasteiger partial charge in [-0.3, -0.25) is 4.79 Å². The van der Waals surface area contributed by atoms with Crippen LogP contribution >= 0.6 is 11.6 Å². The summed E-state index contributed by atoms with van der Waals surface area (Å²) >= 11 is 5.83. The third kappa shape index (κ3) is 3.64. The number of para-hydroxylation sites is 1. The molecular weight excluding hydrogens is 286 g/mol. The summed E-state index contributed by atoms with van der Waals surface area (Å²) in [6.07, 6.45) is 0. The van der Waals surface area contributed by atoms with Gasteiger partial charge < -0.3 is 5.32 Å². The average molecular weight is 306 g/mol. The molecular formula is C16H20ClN3O. The number of hydrogen-bond acceptors (Lipinski definition) is 2. The Hall–Kier alpha value is -1.81. The number of rotatable bonds is 3.